The zero-order chi connectivity index (χ0) is 16.3. The molecule has 0 unspecified atom stereocenters. The molecule has 2 rings (SSSR count). The molecule has 0 saturated carbocycles. The molecule has 0 fully saturated rings. The number of alkyl halides is 4. The van der Waals surface area contributed by atoms with Crippen molar-refractivity contribution in [3.05, 3.63) is 35.0 Å². The zero-order valence-corrected chi connectivity index (χ0v) is 13.0. The second-order valence-corrected chi connectivity index (χ2v) is 4.81. The summed E-state index contributed by atoms with van der Waals surface area (Å²) in [7, 11) is 0. The second kappa shape index (κ2) is 6.47. The maximum Gasteiger partial charge on any atom is 0.416 e. The molecule has 0 aliphatic carbocycles. The van der Waals surface area contributed by atoms with Gasteiger partial charge in [0.25, 0.3) is 0 Å². The van der Waals surface area contributed by atoms with Gasteiger partial charge >= 0.3 is 12.1 Å². The summed E-state index contributed by atoms with van der Waals surface area (Å²) in [6.45, 7) is 1.74. The summed E-state index contributed by atoms with van der Waals surface area (Å²) >= 11 is 3.02. The Bertz CT molecular complexity index is 685. The van der Waals surface area contributed by atoms with Gasteiger partial charge in [0.1, 0.15) is 5.69 Å². The van der Waals surface area contributed by atoms with E-state index in [1.54, 1.807) is 6.92 Å². The number of ether oxygens (including phenoxy) is 1. The van der Waals surface area contributed by atoms with E-state index in [1.165, 1.54) is 12.1 Å². The lowest BCUT2D eigenvalue weighted by Crippen LogP contribution is -2.10. The molecule has 5 nitrogen and oxygen atoms in total. The van der Waals surface area contributed by atoms with Gasteiger partial charge in [-0.3, -0.25) is 0 Å². The monoisotopic (exact) mass is 377 g/mol. The highest BCUT2D eigenvalue weighted by molar-refractivity contribution is 9.08. The molecular weight excluding hydrogens is 367 g/mol. The third-order valence-corrected chi connectivity index (χ3v) is 3.45. The minimum atomic E-state index is -4.51. The Labute approximate surface area is 132 Å². The Morgan fingerprint density at radius 1 is 1.36 bits per heavy atom. The predicted octanol–water partition coefficient (Wildman–Crippen LogP) is 3.56. The topological polar surface area (TPSA) is 67.9 Å². The van der Waals surface area contributed by atoms with E-state index in [4.69, 9.17) is 4.74 Å². The molecular formula is C13H11BrF3N3O2. The lowest BCUT2D eigenvalue weighted by Gasteiger charge is -2.12. The normalized spacial score (nSPS) is 11.5. The van der Waals surface area contributed by atoms with Crippen LogP contribution in [0.1, 0.15) is 28.5 Å². The van der Waals surface area contributed by atoms with Crippen molar-refractivity contribution in [2.75, 3.05) is 6.61 Å². The fraction of sp³-hybridized carbons (Fsp3) is 0.308. The van der Waals surface area contributed by atoms with Gasteiger partial charge in [-0.1, -0.05) is 28.1 Å². The molecule has 1 aromatic heterocycles. The Morgan fingerprint density at radius 2 is 2.09 bits per heavy atom. The van der Waals surface area contributed by atoms with Gasteiger partial charge in [0.05, 0.1) is 12.2 Å². The number of rotatable bonds is 4. The van der Waals surface area contributed by atoms with Crippen LogP contribution < -0.4 is 0 Å². The molecule has 22 heavy (non-hydrogen) atoms. The molecule has 1 aromatic carbocycles. The largest absolute Gasteiger partial charge is 0.461 e. The Hall–Kier alpha value is -1.90. The summed E-state index contributed by atoms with van der Waals surface area (Å²) in [5.74, 6) is -0.746. The average Bonchev–Trinajstić information content (AvgIpc) is 2.95. The van der Waals surface area contributed by atoms with Crippen molar-refractivity contribution >= 4 is 21.9 Å². The van der Waals surface area contributed by atoms with Gasteiger partial charge in [-0.25, -0.2) is 4.79 Å². The number of carbonyl (C=O) groups excluding carboxylic acids is 1. The Morgan fingerprint density at radius 3 is 2.68 bits per heavy atom. The highest BCUT2D eigenvalue weighted by atomic mass is 79.9. The number of halogens is 4. The average molecular weight is 378 g/mol. The first-order valence-electron chi connectivity index (χ1n) is 6.22. The number of nitrogens with one attached hydrogen (secondary N) is 1. The van der Waals surface area contributed by atoms with E-state index in [0.717, 1.165) is 6.07 Å². The number of hydrogen-bond acceptors (Lipinski definition) is 4. The van der Waals surface area contributed by atoms with Crippen LogP contribution in [0, 0.1) is 0 Å². The number of aromatic nitrogens is 3. The summed E-state index contributed by atoms with van der Waals surface area (Å²) in [4.78, 5) is 11.7. The van der Waals surface area contributed by atoms with Crippen LogP contribution in [0.25, 0.3) is 11.3 Å². The van der Waals surface area contributed by atoms with E-state index < -0.39 is 17.7 Å². The third-order valence-electron chi connectivity index (χ3n) is 2.85. The summed E-state index contributed by atoms with van der Waals surface area (Å²) in [5.41, 5.74) is -0.697. The fourth-order valence-corrected chi connectivity index (χ4v) is 2.37. The maximum absolute atomic E-state index is 13.1. The van der Waals surface area contributed by atoms with Crippen LogP contribution in [0.2, 0.25) is 0 Å². The van der Waals surface area contributed by atoms with Gasteiger partial charge in [0.2, 0.25) is 0 Å². The summed E-state index contributed by atoms with van der Waals surface area (Å²) < 4.78 is 44.0. The molecule has 1 N–H and O–H groups in total. The number of aromatic amines is 1. The van der Waals surface area contributed by atoms with Crippen LogP contribution in [0.3, 0.4) is 0 Å². The number of H-pyrrole nitrogens is 1. The summed E-state index contributed by atoms with van der Waals surface area (Å²) in [6.07, 6.45) is -4.51. The van der Waals surface area contributed by atoms with Crippen LogP contribution in [-0.4, -0.2) is 28.0 Å². The summed E-state index contributed by atoms with van der Waals surface area (Å²) in [6, 6.07) is 3.72. The fourth-order valence-electron chi connectivity index (χ4n) is 1.88. The van der Waals surface area contributed by atoms with Crippen LogP contribution in [0.5, 0.6) is 0 Å². The smallest absolute Gasteiger partial charge is 0.416 e. The Kier molecular flexibility index (Phi) is 4.84. The van der Waals surface area contributed by atoms with E-state index >= 15 is 0 Å². The molecule has 0 amide bonds. The maximum atomic E-state index is 13.1. The SMILES string of the molecule is CCOC(=O)c1n[nH]nc1-c1ccc(CBr)c(C(F)(F)F)c1. The zero-order valence-electron chi connectivity index (χ0n) is 11.4. The molecule has 1 heterocycles. The molecule has 0 bridgehead atoms. The van der Waals surface area contributed by atoms with Crippen LogP contribution >= 0.6 is 15.9 Å². The van der Waals surface area contributed by atoms with Gasteiger partial charge in [0, 0.05) is 10.9 Å². The molecule has 0 aliphatic rings. The van der Waals surface area contributed by atoms with Gasteiger partial charge in [-0.2, -0.15) is 23.5 Å². The first-order valence-corrected chi connectivity index (χ1v) is 7.35. The van der Waals surface area contributed by atoms with Gasteiger partial charge in [0.15, 0.2) is 5.69 Å². The number of benzene rings is 1. The lowest BCUT2D eigenvalue weighted by molar-refractivity contribution is -0.138. The standard InChI is InChI=1S/C13H11BrF3N3O2/c1-2-22-12(21)11-10(18-20-19-11)7-3-4-8(6-14)9(5-7)13(15,16)17/h3-5H,2,6H2,1H3,(H,18,19,20). The van der Waals surface area contributed by atoms with E-state index in [2.05, 4.69) is 31.3 Å². The van der Waals surface area contributed by atoms with E-state index in [-0.39, 0.29) is 34.5 Å². The quantitative estimate of drug-likeness (QED) is 0.653. The lowest BCUT2D eigenvalue weighted by atomic mass is 10.0. The highest BCUT2D eigenvalue weighted by Crippen LogP contribution is 2.35. The number of esters is 1. The van der Waals surface area contributed by atoms with Crippen molar-refractivity contribution in [2.45, 2.75) is 18.4 Å². The van der Waals surface area contributed by atoms with Crippen molar-refractivity contribution in [3.8, 4) is 11.3 Å². The first kappa shape index (κ1) is 16.5. The molecule has 0 spiro atoms. The minimum Gasteiger partial charge on any atom is -0.461 e. The van der Waals surface area contributed by atoms with Crippen LogP contribution in [-0.2, 0) is 16.2 Å². The van der Waals surface area contributed by atoms with Gasteiger partial charge in [-0.05, 0) is 18.6 Å². The van der Waals surface area contributed by atoms with Gasteiger partial charge in [-0.15, -0.1) is 5.10 Å². The van der Waals surface area contributed by atoms with Crippen molar-refractivity contribution in [1.82, 2.24) is 15.4 Å². The molecule has 9 heteroatoms. The number of hydrogen-bond donors (Lipinski definition) is 1. The molecule has 2 aromatic rings. The van der Waals surface area contributed by atoms with Crippen molar-refractivity contribution in [2.24, 2.45) is 0 Å². The van der Waals surface area contributed by atoms with Crippen LogP contribution in [0.15, 0.2) is 18.2 Å². The van der Waals surface area contributed by atoms with Crippen molar-refractivity contribution in [1.29, 1.82) is 0 Å². The summed E-state index contributed by atoms with van der Waals surface area (Å²) in [5, 5.41) is 9.69. The Balaban J connectivity index is 2.51. The molecule has 0 radical (unpaired) electrons. The molecule has 0 aliphatic heterocycles. The van der Waals surface area contributed by atoms with E-state index in [9.17, 15) is 18.0 Å². The highest BCUT2D eigenvalue weighted by Gasteiger charge is 2.34. The van der Waals surface area contributed by atoms with Crippen molar-refractivity contribution < 1.29 is 22.7 Å². The molecule has 0 atom stereocenters. The van der Waals surface area contributed by atoms with Crippen LogP contribution in [0.4, 0.5) is 13.2 Å². The molecule has 0 saturated heterocycles. The number of nitrogens with zero attached hydrogens (tertiary/aromatic N) is 2. The molecule has 118 valence electrons. The number of carbonyl (C=O) groups is 1. The van der Waals surface area contributed by atoms with E-state index in [0.29, 0.717) is 0 Å². The predicted molar refractivity (Wildman–Crippen MR) is 75.4 cm³/mol. The third kappa shape index (κ3) is 3.29. The van der Waals surface area contributed by atoms with E-state index in [1.807, 2.05) is 0 Å². The minimum absolute atomic E-state index is 0.0186. The van der Waals surface area contributed by atoms with Crippen molar-refractivity contribution in [3.63, 3.8) is 0 Å². The van der Waals surface area contributed by atoms with Gasteiger partial charge < -0.3 is 4.74 Å². The second-order valence-electron chi connectivity index (χ2n) is 4.24. The first-order chi connectivity index (χ1) is 10.4.